The zero-order valence-electron chi connectivity index (χ0n) is 5.32. The fourth-order valence-corrected chi connectivity index (χ4v) is 0.740. The largest absolute Gasteiger partial charge is 0.423 e. The summed E-state index contributed by atoms with van der Waals surface area (Å²) in [5, 5.41) is 15.7. The van der Waals surface area contributed by atoms with Crippen molar-refractivity contribution < 1.29 is 9.52 Å². The number of hydrogen-bond acceptors (Lipinski definition) is 5. The van der Waals surface area contributed by atoms with Crippen LogP contribution in [-0.2, 0) is 13.0 Å². The van der Waals surface area contributed by atoms with Gasteiger partial charge in [-0.05, 0) is 5.75 Å². The topological polar surface area (TPSA) is 59.2 Å². The Hall–Kier alpha value is -0.550. The summed E-state index contributed by atoms with van der Waals surface area (Å²) >= 11 is 3.98. The highest BCUT2D eigenvalue weighted by Gasteiger charge is 2.01. The lowest BCUT2D eigenvalue weighted by atomic mass is 10.5. The van der Waals surface area contributed by atoms with E-state index in [1.807, 2.05) is 0 Å². The van der Waals surface area contributed by atoms with Crippen LogP contribution in [0.4, 0.5) is 0 Å². The van der Waals surface area contributed by atoms with Crippen molar-refractivity contribution in [1.82, 2.24) is 10.2 Å². The summed E-state index contributed by atoms with van der Waals surface area (Å²) in [7, 11) is 0. The minimum absolute atomic E-state index is 0.195. The maximum absolute atomic E-state index is 8.50. The van der Waals surface area contributed by atoms with Crippen molar-refractivity contribution in [2.45, 2.75) is 13.0 Å². The van der Waals surface area contributed by atoms with Crippen LogP contribution in [0, 0.1) is 0 Å². The minimum Gasteiger partial charge on any atom is -0.423 e. The number of aliphatic hydroxyl groups excluding tert-OH is 1. The summed E-state index contributed by atoms with van der Waals surface area (Å²) in [6.07, 6.45) is 0.649. The molecule has 56 valence electrons. The van der Waals surface area contributed by atoms with Crippen LogP contribution in [0.3, 0.4) is 0 Å². The molecule has 0 atom stereocenters. The molecule has 1 N–H and O–H groups in total. The number of aromatic nitrogens is 2. The normalized spacial score (nSPS) is 10.2. The van der Waals surface area contributed by atoms with Gasteiger partial charge >= 0.3 is 0 Å². The quantitative estimate of drug-likeness (QED) is 0.613. The molecular formula is C5H8N2O2S. The second kappa shape index (κ2) is 3.58. The summed E-state index contributed by atoms with van der Waals surface area (Å²) in [6, 6.07) is 0. The molecule has 0 spiro atoms. The van der Waals surface area contributed by atoms with Crippen molar-refractivity contribution in [3.63, 3.8) is 0 Å². The Labute approximate surface area is 63.7 Å². The number of nitrogens with zero attached hydrogens (tertiary/aromatic N) is 2. The molecule has 0 fully saturated rings. The van der Waals surface area contributed by atoms with Crippen LogP contribution < -0.4 is 0 Å². The Balaban J connectivity index is 2.59. The number of aryl methyl sites for hydroxylation is 1. The van der Waals surface area contributed by atoms with Crippen molar-refractivity contribution in [2.75, 3.05) is 5.75 Å². The second-order valence-electron chi connectivity index (χ2n) is 1.72. The van der Waals surface area contributed by atoms with Gasteiger partial charge in [0, 0.05) is 6.42 Å². The maximum atomic E-state index is 8.50. The van der Waals surface area contributed by atoms with E-state index in [0.717, 1.165) is 0 Å². The second-order valence-corrected chi connectivity index (χ2v) is 2.17. The van der Waals surface area contributed by atoms with E-state index in [0.29, 0.717) is 18.1 Å². The highest BCUT2D eigenvalue weighted by atomic mass is 32.1. The average molecular weight is 160 g/mol. The first-order chi connectivity index (χ1) is 4.86. The lowest BCUT2D eigenvalue weighted by Gasteiger charge is -1.84. The van der Waals surface area contributed by atoms with E-state index in [1.54, 1.807) is 0 Å². The van der Waals surface area contributed by atoms with Gasteiger partial charge in [-0.3, -0.25) is 0 Å². The van der Waals surface area contributed by atoms with Crippen LogP contribution >= 0.6 is 12.6 Å². The fourth-order valence-electron chi connectivity index (χ4n) is 0.549. The van der Waals surface area contributed by atoms with Crippen molar-refractivity contribution in [1.29, 1.82) is 0 Å². The third-order valence-corrected chi connectivity index (χ3v) is 1.19. The number of thiol groups is 1. The smallest absolute Gasteiger partial charge is 0.241 e. The molecule has 0 bridgehead atoms. The minimum atomic E-state index is -0.195. The van der Waals surface area contributed by atoms with Crippen LogP contribution in [-0.4, -0.2) is 21.1 Å². The molecule has 0 radical (unpaired) electrons. The summed E-state index contributed by atoms with van der Waals surface area (Å²) in [4.78, 5) is 0. The maximum Gasteiger partial charge on any atom is 0.241 e. The van der Waals surface area contributed by atoms with Gasteiger partial charge < -0.3 is 9.52 Å². The van der Waals surface area contributed by atoms with E-state index in [-0.39, 0.29) is 12.5 Å². The number of hydrogen-bond donors (Lipinski definition) is 2. The molecule has 0 amide bonds. The Bertz CT molecular complexity index is 201. The number of aliphatic hydroxyl groups is 1. The molecule has 1 heterocycles. The zero-order valence-corrected chi connectivity index (χ0v) is 6.21. The molecule has 0 aliphatic carbocycles. The first-order valence-corrected chi connectivity index (χ1v) is 3.53. The summed E-state index contributed by atoms with van der Waals surface area (Å²) < 4.78 is 4.95. The van der Waals surface area contributed by atoms with Crippen LogP contribution in [0.25, 0.3) is 0 Å². The molecule has 0 unspecified atom stereocenters. The van der Waals surface area contributed by atoms with Gasteiger partial charge in [-0.25, -0.2) is 0 Å². The third kappa shape index (κ3) is 1.71. The molecule has 0 aromatic carbocycles. The first-order valence-electron chi connectivity index (χ1n) is 2.90. The van der Waals surface area contributed by atoms with Crippen molar-refractivity contribution in [3.8, 4) is 0 Å². The molecule has 10 heavy (non-hydrogen) atoms. The van der Waals surface area contributed by atoms with E-state index >= 15 is 0 Å². The Morgan fingerprint density at radius 1 is 1.40 bits per heavy atom. The van der Waals surface area contributed by atoms with Gasteiger partial charge in [0.05, 0.1) is 0 Å². The molecule has 5 heteroatoms. The first kappa shape index (κ1) is 7.56. The predicted molar refractivity (Wildman–Crippen MR) is 37.8 cm³/mol. The van der Waals surface area contributed by atoms with Gasteiger partial charge in [-0.2, -0.15) is 12.6 Å². The van der Waals surface area contributed by atoms with Crippen molar-refractivity contribution >= 4 is 12.6 Å². The van der Waals surface area contributed by atoms with Crippen LogP contribution in [0.15, 0.2) is 4.42 Å². The van der Waals surface area contributed by atoms with Crippen molar-refractivity contribution in [2.24, 2.45) is 0 Å². The number of rotatable bonds is 3. The van der Waals surface area contributed by atoms with E-state index in [2.05, 4.69) is 22.8 Å². The van der Waals surface area contributed by atoms with Gasteiger partial charge in [0.25, 0.3) is 0 Å². The van der Waals surface area contributed by atoms with Gasteiger partial charge in [-0.15, -0.1) is 10.2 Å². The van der Waals surface area contributed by atoms with Crippen LogP contribution in [0.2, 0.25) is 0 Å². The van der Waals surface area contributed by atoms with E-state index < -0.39 is 0 Å². The standard InChI is InChI=1S/C5H8N2O2S/c8-3-5-7-6-4(9-5)1-2-10/h8,10H,1-3H2. The molecule has 4 nitrogen and oxygen atoms in total. The van der Waals surface area contributed by atoms with Crippen molar-refractivity contribution in [3.05, 3.63) is 11.8 Å². The van der Waals surface area contributed by atoms with E-state index in [4.69, 9.17) is 9.52 Å². The SMILES string of the molecule is OCc1nnc(CCS)o1. The molecule has 0 saturated heterocycles. The monoisotopic (exact) mass is 160 g/mol. The van der Waals surface area contributed by atoms with Gasteiger partial charge in [0.1, 0.15) is 6.61 Å². The van der Waals surface area contributed by atoms with Gasteiger partial charge in [-0.1, -0.05) is 0 Å². The molecule has 0 aliphatic rings. The van der Waals surface area contributed by atoms with E-state index in [1.165, 1.54) is 0 Å². The van der Waals surface area contributed by atoms with Crippen LogP contribution in [0.5, 0.6) is 0 Å². The third-order valence-electron chi connectivity index (χ3n) is 0.970. The molecule has 0 aliphatic heterocycles. The lowest BCUT2D eigenvalue weighted by Crippen LogP contribution is -1.84. The fraction of sp³-hybridized carbons (Fsp3) is 0.600. The highest BCUT2D eigenvalue weighted by molar-refractivity contribution is 7.80. The van der Waals surface area contributed by atoms with Gasteiger partial charge in [0.2, 0.25) is 11.8 Å². The Morgan fingerprint density at radius 3 is 2.60 bits per heavy atom. The molecule has 1 rings (SSSR count). The summed E-state index contributed by atoms with van der Waals surface area (Å²) in [5.41, 5.74) is 0. The zero-order chi connectivity index (χ0) is 7.40. The van der Waals surface area contributed by atoms with Crippen LogP contribution in [0.1, 0.15) is 11.8 Å². The summed E-state index contributed by atoms with van der Waals surface area (Å²) in [5.74, 6) is 1.46. The van der Waals surface area contributed by atoms with Gasteiger partial charge in [0.15, 0.2) is 0 Å². The highest BCUT2D eigenvalue weighted by Crippen LogP contribution is 2.00. The molecule has 1 aromatic heterocycles. The average Bonchev–Trinajstić information content (AvgIpc) is 2.37. The Kier molecular flexibility index (Phi) is 2.70. The van der Waals surface area contributed by atoms with E-state index in [9.17, 15) is 0 Å². The molecule has 1 aromatic rings. The molecule has 0 saturated carbocycles. The molecular weight excluding hydrogens is 152 g/mol. The Morgan fingerprint density at radius 2 is 2.10 bits per heavy atom. The predicted octanol–water partition coefficient (Wildman–Crippen LogP) is 0.0342. The summed E-state index contributed by atoms with van der Waals surface area (Å²) in [6.45, 7) is -0.195. The lowest BCUT2D eigenvalue weighted by molar-refractivity contribution is 0.237.